The van der Waals surface area contributed by atoms with E-state index in [9.17, 15) is 14.4 Å². The summed E-state index contributed by atoms with van der Waals surface area (Å²) in [6.45, 7) is 3.54. The highest BCUT2D eigenvalue weighted by Gasteiger charge is 2.31. The molecular formula is C19H24ClN3O4S. The maximum absolute atomic E-state index is 12.4. The zero-order chi connectivity index (χ0) is 19.9. The summed E-state index contributed by atoms with van der Waals surface area (Å²) in [5, 5.41) is 0.698. The Hall–Kier alpha value is -1.77. The molecule has 3 rings (SSSR count). The summed E-state index contributed by atoms with van der Waals surface area (Å²) in [6.07, 6.45) is 0. The minimum atomic E-state index is -0.480. The van der Waals surface area contributed by atoms with Crippen LogP contribution in [-0.2, 0) is 24.9 Å². The molecule has 0 saturated carbocycles. The molecular weight excluding hydrogens is 402 g/mol. The van der Waals surface area contributed by atoms with Crippen LogP contribution in [-0.4, -0.2) is 90.7 Å². The summed E-state index contributed by atoms with van der Waals surface area (Å²) in [7, 11) is 0. The van der Waals surface area contributed by atoms with E-state index < -0.39 is 11.8 Å². The highest BCUT2D eigenvalue weighted by Crippen LogP contribution is 2.16. The van der Waals surface area contributed by atoms with E-state index in [2.05, 4.69) is 0 Å². The molecule has 2 heterocycles. The predicted octanol–water partition coefficient (Wildman–Crippen LogP) is 1.10. The fourth-order valence-electron chi connectivity index (χ4n) is 3.12. The fourth-order valence-corrected chi connectivity index (χ4v) is 4.14. The minimum Gasteiger partial charge on any atom is -0.378 e. The van der Waals surface area contributed by atoms with Crippen LogP contribution in [0.2, 0.25) is 5.02 Å². The number of carbonyl (C=O) groups excluding carboxylic acids is 3. The van der Waals surface area contributed by atoms with Crippen LogP contribution in [0.15, 0.2) is 24.3 Å². The van der Waals surface area contributed by atoms with Crippen LogP contribution in [0.1, 0.15) is 5.56 Å². The van der Waals surface area contributed by atoms with Crippen molar-refractivity contribution in [2.45, 2.75) is 5.75 Å². The Bertz CT molecular complexity index is 702. The highest BCUT2D eigenvalue weighted by atomic mass is 35.5. The third-order valence-corrected chi connectivity index (χ3v) is 6.05. The molecule has 0 atom stereocenters. The summed E-state index contributed by atoms with van der Waals surface area (Å²) < 4.78 is 5.21. The molecule has 2 saturated heterocycles. The molecule has 0 spiro atoms. The Morgan fingerprint density at radius 2 is 1.39 bits per heavy atom. The average Bonchev–Trinajstić information content (AvgIpc) is 2.74. The molecule has 2 fully saturated rings. The van der Waals surface area contributed by atoms with Crippen molar-refractivity contribution in [2.24, 2.45) is 0 Å². The van der Waals surface area contributed by atoms with Crippen molar-refractivity contribution in [2.75, 3.05) is 58.2 Å². The van der Waals surface area contributed by atoms with Gasteiger partial charge in [-0.05, 0) is 17.7 Å². The number of benzene rings is 1. The third kappa shape index (κ3) is 5.62. The van der Waals surface area contributed by atoms with Crippen molar-refractivity contribution in [3.63, 3.8) is 0 Å². The lowest BCUT2D eigenvalue weighted by Crippen LogP contribution is -2.55. The van der Waals surface area contributed by atoms with E-state index in [1.807, 2.05) is 24.3 Å². The first-order valence-electron chi connectivity index (χ1n) is 9.30. The second-order valence-corrected chi connectivity index (χ2v) is 8.12. The van der Waals surface area contributed by atoms with Gasteiger partial charge in [0.05, 0.1) is 19.0 Å². The van der Waals surface area contributed by atoms with Crippen LogP contribution in [0.4, 0.5) is 0 Å². The van der Waals surface area contributed by atoms with Gasteiger partial charge >= 0.3 is 11.8 Å². The number of morpholine rings is 1. The fraction of sp³-hybridized carbons (Fsp3) is 0.526. The van der Waals surface area contributed by atoms with Crippen LogP contribution in [0.5, 0.6) is 0 Å². The van der Waals surface area contributed by atoms with Gasteiger partial charge in [-0.15, -0.1) is 11.8 Å². The summed E-state index contributed by atoms with van der Waals surface area (Å²) in [5.74, 6) is 0.247. The zero-order valence-corrected chi connectivity index (χ0v) is 17.2. The summed E-state index contributed by atoms with van der Waals surface area (Å²) in [4.78, 5) is 41.9. The van der Waals surface area contributed by atoms with Crippen LogP contribution in [0.3, 0.4) is 0 Å². The van der Waals surface area contributed by atoms with Crippen molar-refractivity contribution in [1.29, 1.82) is 0 Å². The van der Waals surface area contributed by atoms with Gasteiger partial charge in [0.2, 0.25) is 5.91 Å². The van der Waals surface area contributed by atoms with Crippen molar-refractivity contribution < 1.29 is 19.1 Å². The molecule has 0 bridgehead atoms. The first kappa shape index (κ1) is 21.0. The number of rotatable bonds is 4. The molecule has 9 heteroatoms. The molecule has 0 radical (unpaired) electrons. The number of ether oxygens (including phenoxy) is 1. The molecule has 2 aliphatic rings. The standard InChI is InChI=1S/C19H24ClN3O4S/c20-16-3-1-15(2-4-16)13-28-14-17(24)21-5-7-22(8-6-21)18(25)19(26)23-9-11-27-12-10-23/h1-4H,5-14H2. The summed E-state index contributed by atoms with van der Waals surface area (Å²) in [6, 6.07) is 7.59. The zero-order valence-electron chi connectivity index (χ0n) is 15.6. The van der Waals surface area contributed by atoms with E-state index in [1.54, 1.807) is 21.6 Å². The molecule has 7 nitrogen and oxygen atoms in total. The first-order chi connectivity index (χ1) is 13.5. The molecule has 0 N–H and O–H groups in total. The van der Waals surface area contributed by atoms with Crippen LogP contribution in [0.25, 0.3) is 0 Å². The molecule has 0 unspecified atom stereocenters. The Morgan fingerprint density at radius 1 is 0.857 bits per heavy atom. The number of halogens is 1. The monoisotopic (exact) mass is 425 g/mol. The van der Waals surface area contributed by atoms with Gasteiger partial charge in [-0.3, -0.25) is 14.4 Å². The number of amides is 3. The van der Waals surface area contributed by atoms with Gasteiger partial charge in [0.15, 0.2) is 0 Å². The van der Waals surface area contributed by atoms with Gasteiger partial charge in [0, 0.05) is 50.0 Å². The van der Waals surface area contributed by atoms with Crippen molar-refractivity contribution in [3.8, 4) is 0 Å². The SMILES string of the molecule is O=C(CSCc1ccc(Cl)cc1)N1CCN(C(=O)C(=O)N2CCOCC2)CC1. The Balaban J connectivity index is 1.39. The van der Waals surface area contributed by atoms with Gasteiger partial charge in [-0.25, -0.2) is 0 Å². The van der Waals surface area contributed by atoms with E-state index in [4.69, 9.17) is 16.3 Å². The number of piperazine rings is 1. The number of nitrogens with zero attached hydrogens (tertiary/aromatic N) is 3. The minimum absolute atomic E-state index is 0.0607. The van der Waals surface area contributed by atoms with E-state index >= 15 is 0 Å². The molecule has 3 amide bonds. The van der Waals surface area contributed by atoms with Crippen LogP contribution >= 0.6 is 23.4 Å². The Morgan fingerprint density at radius 3 is 2.00 bits per heavy atom. The number of hydrogen-bond donors (Lipinski definition) is 0. The van der Waals surface area contributed by atoms with E-state index in [-0.39, 0.29) is 5.91 Å². The molecule has 0 aliphatic carbocycles. The van der Waals surface area contributed by atoms with E-state index in [0.29, 0.717) is 63.3 Å². The van der Waals surface area contributed by atoms with Crippen LogP contribution in [0, 0.1) is 0 Å². The number of thioether (sulfide) groups is 1. The van der Waals surface area contributed by atoms with Crippen LogP contribution < -0.4 is 0 Å². The quantitative estimate of drug-likeness (QED) is 0.676. The van der Waals surface area contributed by atoms with Crippen molar-refractivity contribution >= 4 is 41.1 Å². The van der Waals surface area contributed by atoms with Gasteiger partial charge in [0.1, 0.15) is 0 Å². The number of carbonyl (C=O) groups is 3. The average molecular weight is 426 g/mol. The van der Waals surface area contributed by atoms with E-state index in [1.165, 1.54) is 4.90 Å². The highest BCUT2D eigenvalue weighted by molar-refractivity contribution is 7.99. The molecule has 0 aromatic heterocycles. The number of hydrogen-bond acceptors (Lipinski definition) is 5. The second-order valence-electron chi connectivity index (χ2n) is 6.70. The molecule has 152 valence electrons. The van der Waals surface area contributed by atoms with Gasteiger partial charge in [-0.2, -0.15) is 0 Å². The van der Waals surface area contributed by atoms with E-state index in [0.717, 1.165) is 11.3 Å². The third-order valence-electron chi connectivity index (χ3n) is 4.81. The molecule has 1 aromatic rings. The summed E-state index contributed by atoms with van der Waals surface area (Å²) in [5.41, 5.74) is 1.12. The lowest BCUT2D eigenvalue weighted by Gasteiger charge is -2.35. The second kappa shape index (κ2) is 10.1. The van der Waals surface area contributed by atoms with Crippen molar-refractivity contribution in [3.05, 3.63) is 34.9 Å². The van der Waals surface area contributed by atoms with Gasteiger partial charge < -0.3 is 19.4 Å². The maximum atomic E-state index is 12.4. The molecule has 1 aromatic carbocycles. The lowest BCUT2D eigenvalue weighted by atomic mass is 10.2. The van der Waals surface area contributed by atoms with Crippen molar-refractivity contribution in [1.82, 2.24) is 14.7 Å². The topological polar surface area (TPSA) is 70.2 Å². The normalized spacial score (nSPS) is 17.5. The Kier molecular flexibility index (Phi) is 7.58. The molecule has 2 aliphatic heterocycles. The summed E-state index contributed by atoms with van der Waals surface area (Å²) >= 11 is 7.43. The van der Waals surface area contributed by atoms with Gasteiger partial charge in [0.25, 0.3) is 0 Å². The first-order valence-corrected chi connectivity index (χ1v) is 10.8. The van der Waals surface area contributed by atoms with Gasteiger partial charge in [-0.1, -0.05) is 23.7 Å². The predicted molar refractivity (Wildman–Crippen MR) is 108 cm³/mol. The maximum Gasteiger partial charge on any atom is 0.312 e. The molecule has 28 heavy (non-hydrogen) atoms. The lowest BCUT2D eigenvalue weighted by molar-refractivity contribution is -0.155. The largest absolute Gasteiger partial charge is 0.378 e. The Labute approximate surface area is 173 Å². The smallest absolute Gasteiger partial charge is 0.312 e.